The van der Waals surface area contributed by atoms with E-state index in [1.54, 1.807) is 11.3 Å². The van der Waals surface area contributed by atoms with Gasteiger partial charge in [-0.2, -0.15) is 0 Å². The van der Waals surface area contributed by atoms with Crippen molar-refractivity contribution >= 4 is 47.2 Å². The molecule has 9 heteroatoms. The Morgan fingerprint density at radius 1 is 1.03 bits per heavy atom. The number of nitrogens with zero attached hydrogens (tertiary/aromatic N) is 5. The summed E-state index contributed by atoms with van der Waals surface area (Å²) in [5.74, 6) is 1.27. The van der Waals surface area contributed by atoms with Crippen LogP contribution in [0.4, 0.5) is 0 Å². The van der Waals surface area contributed by atoms with Crippen LogP contribution in [0.25, 0.3) is 0 Å². The number of aryl methyl sites for hydroxylation is 2. The predicted octanol–water partition coefficient (Wildman–Crippen LogP) is 2.86. The molecule has 0 atom stereocenters. The standard InChI is InChI=1S/C21H36N6OS.HI/c1-4-22-21(23-15-19-17(2)24-18(3)29-19)27-13-11-25(12-14-27)16-20(28)26-9-7-5-6-8-10-26;/h4-16H2,1-3H3,(H,22,23);1H. The molecule has 2 saturated heterocycles. The van der Waals surface area contributed by atoms with Crippen LogP contribution < -0.4 is 5.32 Å². The zero-order valence-corrected chi connectivity index (χ0v) is 21.8. The van der Waals surface area contributed by atoms with Crippen LogP contribution in [0, 0.1) is 13.8 Å². The van der Waals surface area contributed by atoms with Crippen LogP contribution in [0.2, 0.25) is 0 Å². The lowest BCUT2D eigenvalue weighted by Gasteiger charge is -2.37. The fraction of sp³-hybridized carbons (Fsp3) is 0.762. The van der Waals surface area contributed by atoms with E-state index in [-0.39, 0.29) is 24.0 Å². The van der Waals surface area contributed by atoms with Gasteiger partial charge in [0.1, 0.15) is 0 Å². The van der Waals surface area contributed by atoms with Crippen molar-refractivity contribution < 1.29 is 4.79 Å². The second-order valence-electron chi connectivity index (χ2n) is 7.97. The molecular weight excluding hydrogens is 511 g/mol. The Morgan fingerprint density at radius 2 is 1.70 bits per heavy atom. The average Bonchev–Trinajstić information content (AvgIpc) is 2.90. The van der Waals surface area contributed by atoms with Crippen molar-refractivity contribution in [3.05, 3.63) is 15.6 Å². The largest absolute Gasteiger partial charge is 0.357 e. The van der Waals surface area contributed by atoms with E-state index in [0.717, 1.165) is 75.3 Å². The molecule has 7 nitrogen and oxygen atoms in total. The van der Waals surface area contributed by atoms with Crippen molar-refractivity contribution in [3.63, 3.8) is 0 Å². The third-order valence-corrected chi connectivity index (χ3v) is 6.75. The highest BCUT2D eigenvalue weighted by Gasteiger charge is 2.23. The highest BCUT2D eigenvalue weighted by atomic mass is 127. The first-order valence-electron chi connectivity index (χ1n) is 11.0. The number of amides is 1. The molecule has 0 aromatic carbocycles. The van der Waals surface area contributed by atoms with Crippen LogP contribution >= 0.6 is 35.3 Å². The molecule has 1 aromatic heterocycles. The molecule has 2 aliphatic rings. The van der Waals surface area contributed by atoms with Crippen LogP contribution in [0.15, 0.2) is 4.99 Å². The van der Waals surface area contributed by atoms with Crippen molar-refractivity contribution in [1.29, 1.82) is 0 Å². The quantitative estimate of drug-likeness (QED) is 0.349. The Hall–Kier alpha value is -0.940. The molecule has 1 N–H and O–H groups in total. The summed E-state index contributed by atoms with van der Waals surface area (Å²) in [6.45, 7) is 13.8. The van der Waals surface area contributed by atoms with E-state index < -0.39 is 0 Å². The van der Waals surface area contributed by atoms with Crippen molar-refractivity contribution in [3.8, 4) is 0 Å². The van der Waals surface area contributed by atoms with Gasteiger partial charge >= 0.3 is 0 Å². The fourth-order valence-corrected chi connectivity index (χ4v) is 4.88. The maximum atomic E-state index is 12.7. The van der Waals surface area contributed by atoms with Crippen molar-refractivity contribution in [1.82, 2.24) is 25.0 Å². The van der Waals surface area contributed by atoms with Crippen molar-refractivity contribution in [2.24, 2.45) is 4.99 Å². The van der Waals surface area contributed by atoms with E-state index in [1.165, 1.54) is 17.7 Å². The summed E-state index contributed by atoms with van der Waals surface area (Å²) in [7, 11) is 0. The van der Waals surface area contributed by atoms with Gasteiger partial charge in [0.15, 0.2) is 5.96 Å². The molecule has 1 aromatic rings. The Bertz CT molecular complexity index is 694. The predicted molar refractivity (Wildman–Crippen MR) is 135 cm³/mol. The van der Waals surface area contributed by atoms with Gasteiger partial charge in [-0.25, -0.2) is 9.98 Å². The van der Waals surface area contributed by atoms with Gasteiger partial charge in [-0.15, -0.1) is 35.3 Å². The summed E-state index contributed by atoms with van der Waals surface area (Å²) in [6.07, 6.45) is 4.83. The molecule has 170 valence electrons. The Labute approximate surface area is 202 Å². The van der Waals surface area contributed by atoms with E-state index in [4.69, 9.17) is 4.99 Å². The number of aliphatic imine (C=N–C) groups is 1. The van der Waals surface area contributed by atoms with E-state index >= 15 is 0 Å². The lowest BCUT2D eigenvalue weighted by molar-refractivity contribution is -0.132. The minimum absolute atomic E-state index is 0. The van der Waals surface area contributed by atoms with Crippen LogP contribution in [-0.4, -0.2) is 83.9 Å². The SMILES string of the molecule is CCNC(=NCc1sc(C)nc1C)N1CCN(CC(=O)N2CCCCCC2)CC1.I. The first-order valence-corrected chi connectivity index (χ1v) is 11.8. The van der Waals surface area contributed by atoms with Gasteiger partial charge in [-0.3, -0.25) is 9.69 Å². The van der Waals surface area contributed by atoms with E-state index in [1.807, 2.05) is 6.92 Å². The van der Waals surface area contributed by atoms with Crippen molar-refractivity contribution in [2.75, 3.05) is 52.4 Å². The minimum Gasteiger partial charge on any atom is -0.357 e. The zero-order valence-electron chi connectivity index (χ0n) is 18.7. The lowest BCUT2D eigenvalue weighted by Crippen LogP contribution is -2.54. The summed E-state index contributed by atoms with van der Waals surface area (Å²) < 4.78 is 0. The number of nitrogens with one attached hydrogen (secondary N) is 1. The topological polar surface area (TPSA) is 64.1 Å². The number of halogens is 1. The monoisotopic (exact) mass is 548 g/mol. The molecule has 0 unspecified atom stereocenters. The molecule has 2 aliphatic heterocycles. The maximum Gasteiger partial charge on any atom is 0.236 e. The van der Waals surface area contributed by atoms with Crippen LogP contribution in [0.3, 0.4) is 0 Å². The number of carbonyl (C=O) groups is 1. The van der Waals surface area contributed by atoms with Gasteiger partial charge in [-0.1, -0.05) is 12.8 Å². The zero-order chi connectivity index (χ0) is 20.6. The minimum atomic E-state index is 0. The van der Waals surface area contributed by atoms with Gasteiger partial charge in [0.25, 0.3) is 0 Å². The molecule has 3 rings (SSSR count). The maximum absolute atomic E-state index is 12.7. The summed E-state index contributed by atoms with van der Waals surface area (Å²) in [6, 6.07) is 0. The highest BCUT2D eigenvalue weighted by molar-refractivity contribution is 14.0. The first kappa shape index (κ1) is 25.3. The number of aromatic nitrogens is 1. The van der Waals surface area contributed by atoms with Gasteiger partial charge in [0.2, 0.25) is 5.91 Å². The van der Waals surface area contributed by atoms with Crippen LogP contribution in [-0.2, 0) is 11.3 Å². The molecule has 0 saturated carbocycles. The second-order valence-corrected chi connectivity index (χ2v) is 9.26. The number of hydrogen-bond acceptors (Lipinski definition) is 5. The van der Waals surface area contributed by atoms with E-state index in [9.17, 15) is 4.79 Å². The molecule has 1 amide bonds. The first-order chi connectivity index (χ1) is 14.1. The third-order valence-electron chi connectivity index (χ3n) is 5.70. The Balaban J connectivity index is 0.00000320. The van der Waals surface area contributed by atoms with E-state index in [0.29, 0.717) is 19.0 Å². The number of carbonyl (C=O) groups excluding carboxylic acids is 1. The normalized spacial score (nSPS) is 18.7. The van der Waals surface area contributed by atoms with Gasteiger partial charge < -0.3 is 15.1 Å². The summed E-state index contributed by atoms with van der Waals surface area (Å²) in [5, 5.41) is 4.53. The lowest BCUT2D eigenvalue weighted by atomic mass is 10.2. The molecule has 3 heterocycles. The van der Waals surface area contributed by atoms with Gasteiger partial charge in [-0.05, 0) is 33.6 Å². The highest BCUT2D eigenvalue weighted by Crippen LogP contribution is 2.18. The molecule has 30 heavy (non-hydrogen) atoms. The number of likely N-dealkylation sites (tertiary alicyclic amines) is 1. The Kier molecular flexibility index (Phi) is 10.8. The number of rotatable bonds is 5. The number of piperazine rings is 1. The van der Waals surface area contributed by atoms with Crippen LogP contribution in [0.5, 0.6) is 0 Å². The average molecular weight is 549 g/mol. The van der Waals surface area contributed by atoms with Crippen LogP contribution in [0.1, 0.15) is 48.2 Å². The fourth-order valence-electron chi connectivity index (χ4n) is 4.02. The summed E-state index contributed by atoms with van der Waals surface area (Å²) >= 11 is 1.73. The number of thiazole rings is 1. The second kappa shape index (κ2) is 12.8. The molecule has 0 bridgehead atoms. The Morgan fingerprint density at radius 3 is 2.27 bits per heavy atom. The van der Waals surface area contributed by atoms with E-state index in [2.05, 4.69) is 38.8 Å². The third kappa shape index (κ3) is 7.33. The molecule has 2 fully saturated rings. The number of guanidine groups is 1. The molecule has 0 aliphatic carbocycles. The van der Waals surface area contributed by atoms with Gasteiger partial charge in [0.05, 0.1) is 23.8 Å². The number of hydrogen-bond donors (Lipinski definition) is 1. The molecule has 0 radical (unpaired) electrons. The molecular formula is C21H37IN6OS. The van der Waals surface area contributed by atoms with Gasteiger partial charge in [0, 0.05) is 50.7 Å². The smallest absolute Gasteiger partial charge is 0.236 e. The molecule has 0 spiro atoms. The summed E-state index contributed by atoms with van der Waals surface area (Å²) in [4.78, 5) is 29.9. The van der Waals surface area contributed by atoms with Crippen molar-refractivity contribution in [2.45, 2.75) is 53.0 Å². The summed E-state index contributed by atoms with van der Waals surface area (Å²) in [5.41, 5.74) is 1.09.